The molecule has 38 heavy (non-hydrogen) atoms. The van der Waals surface area contributed by atoms with Crippen LogP contribution in [0, 0.1) is 24.5 Å². The van der Waals surface area contributed by atoms with Gasteiger partial charge in [0.2, 0.25) is 11.7 Å². The van der Waals surface area contributed by atoms with Gasteiger partial charge in [0.25, 0.3) is 0 Å². The smallest absolute Gasteiger partial charge is 0.417 e. The molecule has 1 fully saturated rings. The molecule has 0 radical (unpaired) electrons. The molecule has 0 bridgehead atoms. The fraction of sp³-hybridized carbons (Fsp3) is 0.407. The van der Waals surface area contributed by atoms with Crippen molar-refractivity contribution < 1.29 is 41.3 Å². The molecule has 1 N–H and O–H groups in total. The number of aliphatic hydroxyl groups excluding tert-OH is 1. The third-order valence-electron chi connectivity index (χ3n) is 7.14. The normalized spacial score (nSPS) is 23.5. The number of rotatable bonds is 7. The minimum absolute atomic E-state index is 0.0175. The molecule has 1 saturated heterocycles. The van der Waals surface area contributed by atoms with E-state index >= 15 is 0 Å². The van der Waals surface area contributed by atoms with E-state index in [0.717, 1.165) is 25.7 Å². The predicted octanol–water partition coefficient (Wildman–Crippen LogP) is 5.96. The maximum atomic E-state index is 14.6. The Morgan fingerprint density at radius 1 is 1.08 bits per heavy atom. The topological polar surface area (TPSA) is 73.7 Å². The van der Waals surface area contributed by atoms with Gasteiger partial charge >= 0.3 is 6.18 Å². The van der Waals surface area contributed by atoms with Crippen LogP contribution in [-0.2, 0) is 18.0 Å². The molecule has 0 amide bonds. The van der Waals surface area contributed by atoms with Crippen molar-refractivity contribution in [2.45, 2.75) is 57.8 Å². The van der Waals surface area contributed by atoms with Crippen molar-refractivity contribution in [2.75, 3.05) is 7.11 Å². The zero-order valence-electron chi connectivity index (χ0n) is 21.1. The number of aromatic nitrogens is 2. The van der Waals surface area contributed by atoms with E-state index < -0.39 is 53.7 Å². The first kappa shape index (κ1) is 27.7. The highest BCUT2D eigenvalue weighted by atomic mass is 19.4. The zero-order valence-corrected chi connectivity index (χ0v) is 21.1. The van der Waals surface area contributed by atoms with Gasteiger partial charge in [0.15, 0.2) is 23.0 Å². The monoisotopic (exact) mass is 538 g/mol. The molecule has 0 unspecified atom stereocenters. The largest absolute Gasteiger partial charge is 0.493 e. The number of hydrogen-bond donors (Lipinski definition) is 1. The highest BCUT2D eigenvalue weighted by Gasteiger charge is 2.65. The quantitative estimate of drug-likeness (QED) is 0.375. The first-order valence-electron chi connectivity index (χ1n) is 11.8. The van der Waals surface area contributed by atoms with Gasteiger partial charge in [-0.1, -0.05) is 43.3 Å². The van der Waals surface area contributed by atoms with Crippen LogP contribution in [-0.4, -0.2) is 34.0 Å². The van der Waals surface area contributed by atoms with Gasteiger partial charge in [-0.2, -0.15) is 22.5 Å². The molecule has 1 aromatic heterocycles. The molecular formula is C27H27F5N2O4. The second kappa shape index (κ2) is 10.5. The van der Waals surface area contributed by atoms with E-state index in [-0.39, 0.29) is 35.1 Å². The molecule has 0 aliphatic carbocycles. The Balaban J connectivity index is 1.85. The number of halogens is 5. The molecule has 0 saturated carbocycles. The van der Waals surface area contributed by atoms with Gasteiger partial charge in [-0.05, 0) is 25.5 Å². The van der Waals surface area contributed by atoms with E-state index in [0.29, 0.717) is 0 Å². The van der Waals surface area contributed by atoms with Crippen LogP contribution in [0.4, 0.5) is 22.0 Å². The molecule has 2 heterocycles. The van der Waals surface area contributed by atoms with Crippen LogP contribution in [0.15, 0.2) is 42.5 Å². The van der Waals surface area contributed by atoms with Crippen molar-refractivity contribution in [3.8, 4) is 11.6 Å². The third kappa shape index (κ3) is 4.80. The molecule has 11 heteroatoms. The standard InChI is InChI=1S/C27H27F5N2O4/c1-14-20(17-10-11-19(28)21(29)22(17)36-4)23(38-26(14,3)27(30,31)32)24-33-15(2)18(12-35)25(34-24)37-13-16-8-6-5-7-9-16/h5-11,14,20,23,35H,12-13H2,1-4H3/t14-,20-,23+,26+/m0/s1. The highest BCUT2D eigenvalue weighted by Crippen LogP contribution is 2.59. The minimum Gasteiger partial charge on any atom is -0.493 e. The fourth-order valence-electron chi connectivity index (χ4n) is 4.78. The van der Waals surface area contributed by atoms with Crippen LogP contribution in [0.25, 0.3) is 0 Å². The second-order valence-corrected chi connectivity index (χ2v) is 9.32. The lowest BCUT2D eigenvalue weighted by atomic mass is 9.77. The summed E-state index contributed by atoms with van der Waals surface area (Å²) < 4.78 is 88.1. The molecule has 4 atom stereocenters. The van der Waals surface area contributed by atoms with Crippen LogP contribution in [0.1, 0.15) is 54.1 Å². The van der Waals surface area contributed by atoms with Crippen LogP contribution in [0.5, 0.6) is 11.6 Å². The second-order valence-electron chi connectivity index (χ2n) is 9.32. The average molecular weight is 539 g/mol. The van der Waals surface area contributed by atoms with Crippen molar-refractivity contribution in [3.63, 3.8) is 0 Å². The number of alkyl halides is 3. The molecule has 1 aliphatic heterocycles. The van der Waals surface area contributed by atoms with E-state index in [2.05, 4.69) is 9.97 Å². The number of nitrogens with zero attached hydrogens (tertiary/aromatic N) is 2. The molecule has 2 aromatic carbocycles. The number of aryl methyl sites for hydroxylation is 1. The molecule has 1 aliphatic rings. The average Bonchev–Trinajstić information content (AvgIpc) is 3.16. The van der Waals surface area contributed by atoms with E-state index in [4.69, 9.17) is 14.2 Å². The number of benzene rings is 2. The zero-order chi connectivity index (χ0) is 27.8. The van der Waals surface area contributed by atoms with Crippen molar-refractivity contribution in [1.82, 2.24) is 9.97 Å². The highest BCUT2D eigenvalue weighted by molar-refractivity contribution is 5.42. The summed E-state index contributed by atoms with van der Waals surface area (Å²) in [6.07, 6.45) is -6.24. The summed E-state index contributed by atoms with van der Waals surface area (Å²) in [5.74, 6) is -5.67. The fourth-order valence-corrected chi connectivity index (χ4v) is 4.78. The summed E-state index contributed by atoms with van der Waals surface area (Å²) in [5, 5.41) is 9.91. The summed E-state index contributed by atoms with van der Waals surface area (Å²) in [6, 6.07) is 11.1. The van der Waals surface area contributed by atoms with Crippen molar-refractivity contribution >= 4 is 0 Å². The van der Waals surface area contributed by atoms with Crippen LogP contribution in [0.2, 0.25) is 0 Å². The third-order valence-corrected chi connectivity index (χ3v) is 7.14. The lowest BCUT2D eigenvalue weighted by Crippen LogP contribution is -2.46. The van der Waals surface area contributed by atoms with Crippen molar-refractivity contribution in [3.05, 3.63) is 82.3 Å². The molecular weight excluding hydrogens is 511 g/mol. The number of ether oxygens (including phenoxy) is 3. The van der Waals surface area contributed by atoms with Crippen molar-refractivity contribution in [1.29, 1.82) is 0 Å². The Morgan fingerprint density at radius 2 is 1.76 bits per heavy atom. The van der Waals surface area contributed by atoms with Gasteiger partial charge in [0, 0.05) is 17.4 Å². The summed E-state index contributed by atoms with van der Waals surface area (Å²) in [5.41, 5.74) is -1.36. The maximum absolute atomic E-state index is 14.6. The van der Waals surface area contributed by atoms with E-state index in [1.54, 1.807) is 6.92 Å². The Bertz CT molecular complexity index is 1300. The van der Waals surface area contributed by atoms with Gasteiger partial charge in [-0.15, -0.1) is 0 Å². The molecule has 6 nitrogen and oxygen atoms in total. The first-order chi connectivity index (χ1) is 17.9. The van der Waals surface area contributed by atoms with Crippen LogP contribution in [0.3, 0.4) is 0 Å². The number of methoxy groups -OCH3 is 1. The van der Waals surface area contributed by atoms with Gasteiger partial charge in [0.05, 0.1) is 25.0 Å². The molecule has 204 valence electrons. The number of hydrogen-bond acceptors (Lipinski definition) is 6. The first-order valence-corrected chi connectivity index (χ1v) is 11.8. The Morgan fingerprint density at radius 3 is 2.37 bits per heavy atom. The minimum atomic E-state index is -4.81. The lowest BCUT2D eigenvalue weighted by molar-refractivity contribution is -0.275. The van der Waals surface area contributed by atoms with E-state index in [1.807, 2.05) is 30.3 Å². The Kier molecular flexibility index (Phi) is 7.62. The summed E-state index contributed by atoms with van der Waals surface area (Å²) >= 11 is 0. The Hall–Kier alpha value is -3.31. The van der Waals surface area contributed by atoms with Gasteiger partial charge in [-0.25, -0.2) is 9.37 Å². The summed E-state index contributed by atoms with van der Waals surface area (Å²) in [6.45, 7) is 3.38. The lowest BCUT2D eigenvalue weighted by Gasteiger charge is -2.32. The molecule has 4 rings (SSSR count). The number of aliphatic hydroxyl groups is 1. The van der Waals surface area contributed by atoms with Gasteiger partial charge in [0.1, 0.15) is 12.7 Å². The predicted molar refractivity (Wildman–Crippen MR) is 127 cm³/mol. The molecule has 0 spiro atoms. The van der Waals surface area contributed by atoms with E-state index in [9.17, 15) is 27.1 Å². The van der Waals surface area contributed by atoms with Crippen molar-refractivity contribution in [2.24, 2.45) is 5.92 Å². The van der Waals surface area contributed by atoms with Gasteiger partial charge in [-0.3, -0.25) is 0 Å². The Labute approximate surface area is 216 Å². The van der Waals surface area contributed by atoms with E-state index in [1.165, 1.54) is 13.0 Å². The SMILES string of the molecule is COc1c([C@H]2[C@H](c3nc(C)c(CO)c(OCc4ccccc4)n3)O[C@@](C)(C(F)(F)F)[C@H]2C)ccc(F)c1F. The maximum Gasteiger partial charge on any atom is 0.417 e. The van der Waals surface area contributed by atoms with Gasteiger partial charge < -0.3 is 19.3 Å². The van der Waals surface area contributed by atoms with Crippen LogP contribution >= 0.6 is 0 Å². The van der Waals surface area contributed by atoms with Crippen LogP contribution < -0.4 is 9.47 Å². The summed E-state index contributed by atoms with van der Waals surface area (Å²) in [4.78, 5) is 8.70. The summed E-state index contributed by atoms with van der Waals surface area (Å²) in [7, 11) is 1.10. The molecule has 3 aromatic rings.